The lowest BCUT2D eigenvalue weighted by molar-refractivity contribution is -0.154. The maximum Gasteiger partial charge on any atom is 0.422 e. The molecule has 0 radical (unpaired) electrons. The molecule has 1 unspecified atom stereocenters. The van der Waals surface area contributed by atoms with E-state index < -0.39 is 42.2 Å². The molecule has 0 spiro atoms. The van der Waals surface area contributed by atoms with Crippen LogP contribution in [0.15, 0.2) is 18.2 Å². The first-order chi connectivity index (χ1) is 11.9. The Kier molecular flexibility index (Phi) is 7.37. The van der Waals surface area contributed by atoms with Crippen LogP contribution in [0.3, 0.4) is 0 Å². The van der Waals surface area contributed by atoms with Crippen molar-refractivity contribution in [2.24, 2.45) is 0 Å². The monoisotopic (exact) mass is 378 g/mol. The Morgan fingerprint density at radius 1 is 1.27 bits per heavy atom. The van der Waals surface area contributed by atoms with Crippen molar-refractivity contribution in [3.8, 4) is 5.88 Å². The molecule has 7 nitrogen and oxygen atoms in total. The first kappa shape index (κ1) is 21.7. The molecule has 0 saturated carbocycles. The Hall–Kier alpha value is -2.36. The highest BCUT2D eigenvalue weighted by Gasteiger charge is 2.29. The van der Waals surface area contributed by atoms with E-state index in [0.29, 0.717) is 0 Å². The van der Waals surface area contributed by atoms with Crippen LogP contribution in [0.1, 0.15) is 37.7 Å². The number of ether oxygens (including phenoxy) is 2. The minimum absolute atomic E-state index is 0.0165. The largest absolute Gasteiger partial charge is 0.480 e. The van der Waals surface area contributed by atoms with Gasteiger partial charge in [-0.3, -0.25) is 4.79 Å². The van der Waals surface area contributed by atoms with E-state index >= 15 is 0 Å². The number of pyridine rings is 1. The lowest BCUT2D eigenvalue weighted by Gasteiger charge is -2.21. The predicted molar refractivity (Wildman–Crippen MR) is 85.0 cm³/mol. The fraction of sp³-hybridized carbons (Fsp3) is 0.562. The van der Waals surface area contributed by atoms with Gasteiger partial charge in [0, 0.05) is 19.1 Å². The smallest absolute Gasteiger partial charge is 0.422 e. The number of nitrogens with one attached hydrogen (secondary N) is 1. The molecule has 1 heterocycles. The number of carboxylic acid groups (broad SMARTS) is 1. The molecule has 1 atom stereocenters. The maximum absolute atomic E-state index is 12.2. The third kappa shape index (κ3) is 8.65. The summed E-state index contributed by atoms with van der Waals surface area (Å²) in [4.78, 5) is 27.0. The zero-order valence-corrected chi connectivity index (χ0v) is 14.6. The fourth-order valence-corrected chi connectivity index (χ4v) is 1.75. The summed E-state index contributed by atoms with van der Waals surface area (Å²) in [6, 6.07) is 2.45. The van der Waals surface area contributed by atoms with Gasteiger partial charge in [-0.2, -0.15) is 13.2 Å². The van der Waals surface area contributed by atoms with Crippen molar-refractivity contribution in [1.29, 1.82) is 0 Å². The van der Waals surface area contributed by atoms with E-state index in [4.69, 9.17) is 4.74 Å². The Balaban J connectivity index is 2.70. The van der Waals surface area contributed by atoms with E-state index in [1.807, 2.05) is 0 Å². The molecule has 1 aromatic heterocycles. The van der Waals surface area contributed by atoms with Crippen molar-refractivity contribution in [2.45, 2.75) is 45.0 Å². The van der Waals surface area contributed by atoms with Crippen LogP contribution < -0.4 is 10.1 Å². The average Bonchev–Trinajstić information content (AvgIpc) is 2.50. The molecule has 0 aromatic carbocycles. The quantitative estimate of drug-likeness (QED) is 0.721. The SMILES string of the molecule is CC(C)(C)OCCC(NC(=O)c1cccc(OCC(F)(F)F)n1)C(=O)O. The van der Waals surface area contributed by atoms with Crippen LogP contribution >= 0.6 is 0 Å². The average molecular weight is 378 g/mol. The predicted octanol–water partition coefficient (Wildman–Crippen LogP) is 2.41. The number of hydrogen-bond donors (Lipinski definition) is 2. The zero-order valence-electron chi connectivity index (χ0n) is 14.6. The molecule has 0 aliphatic heterocycles. The first-order valence-corrected chi connectivity index (χ1v) is 7.71. The van der Waals surface area contributed by atoms with Gasteiger partial charge in [-0.25, -0.2) is 9.78 Å². The van der Waals surface area contributed by atoms with Gasteiger partial charge in [-0.05, 0) is 26.8 Å². The van der Waals surface area contributed by atoms with Crippen LogP contribution in [0.5, 0.6) is 5.88 Å². The number of halogens is 3. The van der Waals surface area contributed by atoms with Crippen molar-refractivity contribution < 1.29 is 37.3 Å². The topological polar surface area (TPSA) is 97.8 Å². The molecular weight excluding hydrogens is 357 g/mol. The van der Waals surface area contributed by atoms with Crippen LogP contribution in [-0.4, -0.2) is 53.0 Å². The molecule has 0 aliphatic rings. The van der Waals surface area contributed by atoms with Crippen LogP contribution in [0.2, 0.25) is 0 Å². The second kappa shape index (κ2) is 8.84. The van der Waals surface area contributed by atoms with Gasteiger partial charge in [0.25, 0.3) is 5.91 Å². The Labute approximate surface area is 148 Å². The van der Waals surface area contributed by atoms with Gasteiger partial charge < -0.3 is 19.9 Å². The molecule has 0 bridgehead atoms. The summed E-state index contributed by atoms with van der Waals surface area (Å²) in [7, 11) is 0. The number of carboxylic acids is 1. The number of rotatable bonds is 8. The molecule has 0 fully saturated rings. The third-order valence-electron chi connectivity index (χ3n) is 2.88. The summed E-state index contributed by atoms with van der Waals surface area (Å²) < 4.78 is 46.3. The lowest BCUT2D eigenvalue weighted by Crippen LogP contribution is -2.42. The van der Waals surface area contributed by atoms with E-state index in [9.17, 15) is 27.9 Å². The summed E-state index contributed by atoms with van der Waals surface area (Å²) in [5.41, 5.74) is -0.716. The third-order valence-corrected chi connectivity index (χ3v) is 2.88. The van der Waals surface area contributed by atoms with Crippen LogP contribution in [0, 0.1) is 0 Å². The van der Waals surface area contributed by atoms with Gasteiger partial charge in [0.05, 0.1) is 5.60 Å². The summed E-state index contributed by atoms with van der Waals surface area (Å²) in [5, 5.41) is 11.4. The van der Waals surface area contributed by atoms with Gasteiger partial charge in [-0.1, -0.05) is 6.07 Å². The number of nitrogens with zero attached hydrogens (tertiary/aromatic N) is 1. The van der Waals surface area contributed by atoms with Crippen molar-refractivity contribution in [2.75, 3.05) is 13.2 Å². The number of aliphatic carboxylic acids is 1. The summed E-state index contributed by atoms with van der Waals surface area (Å²) in [6.07, 6.45) is -4.52. The maximum atomic E-state index is 12.2. The van der Waals surface area contributed by atoms with Crippen molar-refractivity contribution >= 4 is 11.9 Å². The van der Waals surface area contributed by atoms with Gasteiger partial charge in [-0.15, -0.1) is 0 Å². The Bertz CT molecular complexity index is 629. The molecule has 0 saturated heterocycles. The van der Waals surface area contributed by atoms with Crippen LogP contribution in [0.4, 0.5) is 13.2 Å². The molecule has 2 N–H and O–H groups in total. The van der Waals surface area contributed by atoms with E-state index in [0.717, 1.165) is 6.07 Å². The van der Waals surface area contributed by atoms with E-state index in [1.165, 1.54) is 12.1 Å². The zero-order chi connectivity index (χ0) is 20.0. The number of hydrogen-bond acceptors (Lipinski definition) is 5. The minimum Gasteiger partial charge on any atom is -0.480 e. The molecule has 0 aliphatic carbocycles. The molecule has 146 valence electrons. The van der Waals surface area contributed by atoms with Gasteiger partial charge >= 0.3 is 12.1 Å². The van der Waals surface area contributed by atoms with Crippen molar-refractivity contribution in [3.63, 3.8) is 0 Å². The molecule has 1 aromatic rings. The summed E-state index contributed by atoms with van der Waals surface area (Å²) >= 11 is 0. The highest BCUT2D eigenvalue weighted by Crippen LogP contribution is 2.17. The van der Waals surface area contributed by atoms with E-state index in [-0.39, 0.29) is 18.7 Å². The first-order valence-electron chi connectivity index (χ1n) is 7.71. The second-order valence-corrected chi connectivity index (χ2v) is 6.38. The normalized spacial score (nSPS) is 13.2. The van der Waals surface area contributed by atoms with E-state index in [1.54, 1.807) is 20.8 Å². The van der Waals surface area contributed by atoms with Gasteiger partial charge in [0.1, 0.15) is 11.7 Å². The van der Waals surface area contributed by atoms with Gasteiger partial charge in [0.15, 0.2) is 6.61 Å². The number of amides is 1. The van der Waals surface area contributed by atoms with Crippen LogP contribution in [-0.2, 0) is 9.53 Å². The number of aromatic nitrogens is 1. The fourth-order valence-electron chi connectivity index (χ4n) is 1.75. The lowest BCUT2D eigenvalue weighted by atomic mass is 10.1. The Morgan fingerprint density at radius 3 is 2.46 bits per heavy atom. The van der Waals surface area contributed by atoms with Crippen LogP contribution in [0.25, 0.3) is 0 Å². The number of carbonyl (C=O) groups excluding carboxylic acids is 1. The molecular formula is C16H21F3N2O5. The number of carbonyl (C=O) groups is 2. The summed E-state index contributed by atoms with van der Waals surface area (Å²) in [5.74, 6) is -2.50. The Morgan fingerprint density at radius 2 is 1.92 bits per heavy atom. The van der Waals surface area contributed by atoms with E-state index in [2.05, 4.69) is 15.0 Å². The van der Waals surface area contributed by atoms with Crippen molar-refractivity contribution in [1.82, 2.24) is 10.3 Å². The van der Waals surface area contributed by atoms with Crippen molar-refractivity contribution in [3.05, 3.63) is 23.9 Å². The summed E-state index contributed by atoms with van der Waals surface area (Å²) in [6.45, 7) is 3.96. The second-order valence-electron chi connectivity index (χ2n) is 6.38. The van der Waals surface area contributed by atoms with Gasteiger partial charge in [0.2, 0.25) is 5.88 Å². The molecule has 10 heteroatoms. The molecule has 26 heavy (non-hydrogen) atoms. The number of alkyl halides is 3. The highest BCUT2D eigenvalue weighted by atomic mass is 19.4. The minimum atomic E-state index is -4.54. The molecule has 1 amide bonds. The highest BCUT2D eigenvalue weighted by molar-refractivity contribution is 5.95. The standard InChI is InChI=1S/C16H21F3N2O5/c1-15(2,3)26-8-7-11(14(23)24)21-13(22)10-5-4-6-12(20-10)25-9-16(17,18)19/h4-6,11H,7-9H2,1-3H3,(H,21,22)(H,23,24). The molecule has 1 rings (SSSR count).